The number of anilines is 1. The van der Waals surface area contributed by atoms with Gasteiger partial charge in [-0.1, -0.05) is 43.5 Å². The van der Waals surface area contributed by atoms with Gasteiger partial charge in [0.05, 0.1) is 17.4 Å². The Kier molecular flexibility index (Phi) is 7.52. The number of nitrogens with zero attached hydrogens (tertiary/aromatic N) is 2. The van der Waals surface area contributed by atoms with Gasteiger partial charge in [-0.05, 0) is 67.3 Å². The molecule has 1 aliphatic heterocycles. The molecular formula is C32H32N4O6. The fourth-order valence-electron chi connectivity index (χ4n) is 5.63. The average molecular weight is 569 g/mol. The summed E-state index contributed by atoms with van der Waals surface area (Å²) in [6, 6.07) is 17.3. The summed E-state index contributed by atoms with van der Waals surface area (Å²) in [5, 5.41) is 6.17. The highest BCUT2D eigenvalue weighted by Crippen LogP contribution is 2.32. The van der Waals surface area contributed by atoms with E-state index in [1.807, 2.05) is 25.1 Å². The predicted octanol–water partition coefficient (Wildman–Crippen LogP) is 3.95. The monoisotopic (exact) mass is 568 g/mol. The van der Waals surface area contributed by atoms with Crippen LogP contribution in [-0.2, 0) is 17.9 Å². The Hall–Kier alpha value is -4.86. The van der Waals surface area contributed by atoms with Crippen molar-refractivity contribution in [2.45, 2.75) is 58.2 Å². The lowest BCUT2D eigenvalue weighted by atomic mass is 9.95. The number of amides is 2. The van der Waals surface area contributed by atoms with Crippen LogP contribution in [0.15, 0.2) is 70.3 Å². The largest absolute Gasteiger partial charge is 0.454 e. The maximum atomic E-state index is 13.9. The van der Waals surface area contributed by atoms with Crippen molar-refractivity contribution >= 4 is 28.4 Å². The highest BCUT2D eigenvalue weighted by molar-refractivity contribution is 5.98. The van der Waals surface area contributed by atoms with Crippen molar-refractivity contribution in [1.82, 2.24) is 14.5 Å². The SMILES string of the molecule is Cc1ccccc1NC(=O)Cn1c(=O)n(Cc2ccc3c(c2)OCO3)c(=O)c2ccc(C(=O)NC3CCCCC3)cc21. The number of ether oxygens (including phenoxy) is 2. The summed E-state index contributed by atoms with van der Waals surface area (Å²) in [5.74, 6) is 0.427. The zero-order valence-corrected chi connectivity index (χ0v) is 23.4. The fraction of sp³-hybridized carbons (Fsp3) is 0.312. The fourth-order valence-corrected chi connectivity index (χ4v) is 5.63. The predicted molar refractivity (Wildman–Crippen MR) is 158 cm³/mol. The van der Waals surface area contributed by atoms with Crippen molar-refractivity contribution in [3.8, 4) is 11.5 Å². The van der Waals surface area contributed by atoms with Gasteiger partial charge >= 0.3 is 5.69 Å². The van der Waals surface area contributed by atoms with E-state index in [0.717, 1.165) is 42.2 Å². The van der Waals surface area contributed by atoms with E-state index in [2.05, 4.69) is 10.6 Å². The lowest BCUT2D eigenvalue weighted by molar-refractivity contribution is -0.116. The zero-order valence-electron chi connectivity index (χ0n) is 23.4. The Morgan fingerprint density at radius 3 is 2.50 bits per heavy atom. The number of benzene rings is 3. The molecule has 2 N–H and O–H groups in total. The van der Waals surface area contributed by atoms with E-state index in [1.165, 1.54) is 10.6 Å². The first-order chi connectivity index (χ1) is 20.4. The number of carbonyl (C=O) groups is 2. The number of hydrogen-bond donors (Lipinski definition) is 2. The highest BCUT2D eigenvalue weighted by Gasteiger charge is 2.21. The molecule has 0 saturated heterocycles. The normalized spacial score (nSPS) is 14.6. The molecule has 6 rings (SSSR count). The van der Waals surface area contributed by atoms with Crippen LogP contribution in [0.25, 0.3) is 10.9 Å². The van der Waals surface area contributed by atoms with Gasteiger partial charge in [0.15, 0.2) is 11.5 Å². The molecule has 0 radical (unpaired) electrons. The van der Waals surface area contributed by atoms with E-state index in [4.69, 9.17) is 9.47 Å². The number of aryl methyl sites for hydroxylation is 1. The average Bonchev–Trinajstić information content (AvgIpc) is 3.47. The minimum atomic E-state index is -0.657. The van der Waals surface area contributed by atoms with Gasteiger partial charge < -0.3 is 20.1 Å². The first kappa shape index (κ1) is 27.3. The molecule has 2 aliphatic rings. The summed E-state index contributed by atoms with van der Waals surface area (Å²) in [5.41, 5.74) is 1.55. The van der Waals surface area contributed by atoms with Crippen LogP contribution in [0.1, 0.15) is 53.6 Å². The molecule has 0 bridgehead atoms. The van der Waals surface area contributed by atoms with Crippen LogP contribution in [0.5, 0.6) is 11.5 Å². The summed E-state index contributed by atoms with van der Waals surface area (Å²) >= 11 is 0. The molecule has 2 heterocycles. The third-order valence-corrected chi connectivity index (χ3v) is 7.93. The van der Waals surface area contributed by atoms with Crippen LogP contribution in [0.2, 0.25) is 0 Å². The number of hydrogen-bond acceptors (Lipinski definition) is 6. The van der Waals surface area contributed by atoms with E-state index < -0.39 is 17.2 Å². The van der Waals surface area contributed by atoms with Gasteiger partial charge in [-0.15, -0.1) is 0 Å². The maximum absolute atomic E-state index is 13.9. The molecule has 10 nitrogen and oxygen atoms in total. The minimum Gasteiger partial charge on any atom is -0.454 e. The second-order valence-electron chi connectivity index (χ2n) is 10.9. The molecule has 42 heavy (non-hydrogen) atoms. The second kappa shape index (κ2) is 11.6. The molecule has 0 unspecified atom stereocenters. The Bertz CT molecular complexity index is 1800. The highest BCUT2D eigenvalue weighted by atomic mass is 16.7. The summed E-state index contributed by atoms with van der Waals surface area (Å²) in [7, 11) is 0. The first-order valence-electron chi connectivity index (χ1n) is 14.2. The molecule has 4 aromatic rings. The summed E-state index contributed by atoms with van der Waals surface area (Å²) < 4.78 is 13.2. The van der Waals surface area contributed by atoms with Crippen molar-refractivity contribution in [3.05, 3.63) is 98.2 Å². The maximum Gasteiger partial charge on any atom is 0.332 e. The molecule has 1 aromatic heterocycles. The Morgan fingerprint density at radius 2 is 1.69 bits per heavy atom. The molecule has 1 aliphatic carbocycles. The van der Waals surface area contributed by atoms with Crippen LogP contribution in [0, 0.1) is 6.92 Å². The van der Waals surface area contributed by atoms with Gasteiger partial charge in [0, 0.05) is 17.3 Å². The molecule has 0 atom stereocenters. The van der Waals surface area contributed by atoms with Crippen molar-refractivity contribution < 1.29 is 19.1 Å². The van der Waals surface area contributed by atoms with E-state index in [9.17, 15) is 19.2 Å². The van der Waals surface area contributed by atoms with Gasteiger partial charge in [-0.2, -0.15) is 0 Å². The van der Waals surface area contributed by atoms with E-state index in [-0.39, 0.29) is 42.7 Å². The van der Waals surface area contributed by atoms with Crippen LogP contribution >= 0.6 is 0 Å². The molecule has 3 aromatic carbocycles. The third kappa shape index (κ3) is 5.52. The topological polar surface area (TPSA) is 121 Å². The minimum absolute atomic E-state index is 0.0342. The molecule has 10 heteroatoms. The molecule has 1 fully saturated rings. The number of aromatic nitrogens is 2. The molecular weight excluding hydrogens is 536 g/mol. The molecule has 0 spiro atoms. The van der Waals surface area contributed by atoms with Gasteiger partial charge in [0.2, 0.25) is 12.7 Å². The van der Waals surface area contributed by atoms with Gasteiger partial charge in [-0.3, -0.25) is 23.5 Å². The Labute approximate surface area is 241 Å². The van der Waals surface area contributed by atoms with Crippen molar-refractivity contribution in [3.63, 3.8) is 0 Å². The molecule has 1 saturated carbocycles. The van der Waals surface area contributed by atoms with Crippen molar-refractivity contribution in [1.29, 1.82) is 0 Å². The van der Waals surface area contributed by atoms with Gasteiger partial charge in [0.25, 0.3) is 11.5 Å². The van der Waals surface area contributed by atoms with Gasteiger partial charge in [0.1, 0.15) is 6.54 Å². The summed E-state index contributed by atoms with van der Waals surface area (Å²) in [4.78, 5) is 53.9. The number of fused-ring (bicyclic) bond motifs is 2. The number of para-hydroxylation sites is 1. The van der Waals surface area contributed by atoms with Gasteiger partial charge in [-0.25, -0.2) is 4.79 Å². The van der Waals surface area contributed by atoms with Crippen molar-refractivity contribution in [2.24, 2.45) is 0 Å². The lowest BCUT2D eigenvalue weighted by Gasteiger charge is -2.23. The summed E-state index contributed by atoms with van der Waals surface area (Å²) in [6.45, 7) is 1.60. The van der Waals surface area contributed by atoms with Crippen LogP contribution in [0.4, 0.5) is 5.69 Å². The molecule has 2 amide bonds. The lowest BCUT2D eigenvalue weighted by Crippen LogP contribution is -2.42. The first-order valence-corrected chi connectivity index (χ1v) is 14.2. The summed E-state index contributed by atoms with van der Waals surface area (Å²) in [6.07, 6.45) is 5.15. The smallest absolute Gasteiger partial charge is 0.332 e. The van der Waals surface area contributed by atoms with Crippen molar-refractivity contribution in [2.75, 3.05) is 12.1 Å². The number of rotatable bonds is 7. The Morgan fingerprint density at radius 1 is 0.905 bits per heavy atom. The van der Waals surface area contributed by atoms with E-state index in [1.54, 1.807) is 36.4 Å². The van der Waals surface area contributed by atoms with Crippen LogP contribution in [-0.4, -0.2) is 33.8 Å². The number of carbonyl (C=O) groups excluding carboxylic acids is 2. The second-order valence-corrected chi connectivity index (χ2v) is 10.9. The zero-order chi connectivity index (χ0) is 29.2. The standard InChI is InChI=1S/C32H32N4O6/c1-20-7-5-6-10-25(20)34-29(37)18-35-26-16-22(30(38)33-23-8-3-2-4-9-23)12-13-24(26)31(39)36(32(35)40)17-21-11-14-27-28(15-21)42-19-41-27/h5-7,10-16,23H,2-4,8-9,17-19H2,1H3,(H,33,38)(H,34,37). The quantitative estimate of drug-likeness (QED) is 0.348. The van der Waals surface area contributed by atoms with E-state index >= 15 is 0 Å². The van der Waals surface area contributed by atoms with Crippen LogP contribution < -0.4 is 31.4 Å². The van der Waals surface area contributed by atoms with E-state index in [0.29, 0.717) is 28.3 Å². The third-order valence-electron chi connectivity index (χ3n) is 7.93. The Balaban J connectivity index is 1.39. The van der Waals surface area contributed by atoms with Crippen LogP contribution in [0.3, 0.4) is 0 Å². The number of nitrogens with one attached hydrogen (secondary N) is 2. The molecule has 216 valence electrons.